The molecule has 1 aliphatic carbocycles. The Hall–Kier alpha value is -2.52. The SMILES string of the molecule is CC1CCC(N(CCCCc2c[nH]c3ccccc23)C(=O)Nc2ncc(SCC(=O)O)s2)CC1. The van der Waals surface area contributed by atoms with Crippen molar-refractivity contribution in [1.29, 1.82) is 0 Å². The monoisotopic (exact) mass is 500 g/mol. The molecule has 4 rings (SSSR count). The van der Waals surface area contributed by atoms with Crippen molar-refractivity contribution in [2.45, 2.75) is 62.1 Å². The van der Waals surface area contributed by atoms with Gasteiger partial charge in [0.25, 0.3) is 0 Å². The van der Waals surface area contributed by atoms with Crippen LogP contribution in [0.4, 0.5) is 9.93 Å². The van der Waals surface area contributed by atoms with Crippen LogP contribution >= 0.6 is 23.1 Å². The number of hydrogen-bond acceptors (Lipinski definition) is 5. The lowest BCUT2D eigenvalue weighted by molar-refractivity contribution is -0.133. The largest absolute Gasteiger partial charge is 0.481 e. The van der Waals surface area contributed by atoms with E-state index in [1.807, 2.05) is 11.0 Å². The summed E-state index contributed by atoms with van der Waals surface area (Å²) in [4.78, 5) is 33.7. The number of nitrogens with zero attached hydrogens (tertiary/aromatic N) is 2. The lowest BCUT2D eigenvalue weighted by atomic mass is 9.86. The van der Waals surface area contributed by atoms with Crippen molar-refractivity contribution in [2.24, 2.45) is 5.92 Å². The number of aromatic amines is 1. The molecule has 0 saturated heterocycles. The number of aryl methyl sites for hydroxylation is 1. The van der Waals surface area contributed by atoms with Crippen LogP contribution in [0, 0.1) is 5.92 Å². The summed E-state index contributed by atoms with van der Waals surface area (Å²) in [6.45, 7) is 3.01. The maximum atomic E-state index is 13.2. The van der Waals surface area contributed by atoms with Crippen LogP contribution < -0.4 is 5.32 Å². The van der Waals surface area contributed by atoms with Crippen LogP contribution in [0.15, 0.2) is 40.9 Å². The van der Waals surface area contributed by atoms with Gasteiger partial charge in [0.2, 0.25) is 0 Å². The summed E-state index contributed by atoms with van der Waals surface area (Å²) < 4.78 is 0.787. The molecule has 2 aromatic heterocycles. The second kappa shape index (κ2) is 11.8. The zero-order valence-electron chi connectivity index (χ0n) is 19.5. The van der Waals surface area contributed by atoms with E-state index in [4.69, 9.17) is 5.11 Å². The molecule has 1 saturated carbocycles. The van der Waals surface area contributed by atoms with E-state index in [1.54, 1.807) is 6.20 Å². The molecule has 1 fully saturated rings. The van der Waals surface area contributed by atoms with Crippen LogP contribution in [-0.2, 0) is 11.2 Å². The maximum Gasteiger partial charge on any atom is 0.323 e. The average Bonchev–Trinajstić information content (AvgIpc) is 3.45. The molecular weight excluding hydrogens is 468 g/mol. The molecule has 0 bridgehead atoms. The van der Waals surface area contributed by atoms with Crippen LogP contribution in [0.1, 0.15) is 51.0 Å². The minimum absolute atomic E-state index is 0.0155. The van der Waals surface area contributed by atoms with Gasteiger partial charge in [0, 0.05) is 29.7 Å². The number of unbranched alkanes of at least 4 members (excludes halogenated alkanes) is 1. The lowest BCUT2D eigenvalue weighted by Gasteiger charge is -2.36. The molecule has 0 radical (unpaired) electrons. The number of thiazole rings is 1. The van der Waals surface area contributed by atoms with E-state index in [9.17, 15) is 9.59 Å². The first kappa shape index (κ1) is 24.6. The number of fused-ring (bicyclic) bond motifs is 1. The van der Waals surface area contributed by atoms with Crippen molar-refractivity contribution in [3.05, 3.63) is 42.2 Å². The van der Waals surface area contributed by atoms with Crippen LogP contribution in [0.2, 0.25) is 0 Å². The number of rotatable bonds is 10. The summed E-state index contributed by atoms with van der Waals surface area (Å²) in [6.07, 6.45) is 11.0. The number of nitrogens with one attached hydrogen (secondary N) is 2. The molecule has 0 atom stereocenters. The molecule has 0 unspecified atom stereocenters. The summed E-state index contributed by atoms with van der Waals surface area (Å²) in [5.74, 6) is -0.164. The first-order chi connectivity index (χ1) is 16.5. The van der Waals surface area contributed by atoms with Gasteiger partial charge in [-0.1, -0.05) is 36.5 Å². The number of carboxylic acid groups (broad SMARTS) is 1. The fourth-order valence-electron chi connectivity index (χ4n) is 4.62. The minimum atomic E-state index is -0.866. The van der Waals surface area contributed by atoms with E-state index in [0.29, 0.717) is 5.13 Å². The third-order valence-corrected chi connectivity index (χ3v) is 8.59. The zero-order chi connectivity index (χ0) is 23.9. The minimum Gasteiger partial charge on any atom is -0.481 e. The Morgan fingerprint density at radius 3 is 2.82 bits per heavy atom. The van der Waals surface area contributed by atoms with Gasteiger partial charge in [0.1, 0.15) is 0 Å². The van der Waals surface area contributed by atoms with E-state index in [0.717, 1.165) is 61.6 Å². The number of para-hydroxylation sites is 1. The van der Waals surface area contributed by atoms with Gasteiger partial charge in [-0.2, -0.15) is 0 Å². The van der Waals surface area contributed by atoms with Gasteiger partial charge in [-0.05, 0) is 62.5 Å². The van der Waals surface area contributed by atoms with Gasteiger partial charge in [0.05, 0.1) is 16.2 Å². The molecule has 34 heavy (non-hydrogen) atoms. The summed E-state index contributed by atoms with van der Waals surface area (Å²) >= 11 is 2.54. The number of H-pyrrole nitrogens is 1. The summed E-state index contributed by atoms with van der Waals surface area (Å²) in [6, 6.07) is 8.52. The fourth-order valence-corrected chi connectivity index (χ4v) is 6.20. The van der Waals surface area contributed by atoms with Gasteiger partial charge in [-0.15, -0.1) is 11.8 Å². The number of benzene rings is 1. The van der Waals surface area contributed by atoms with Gasteiger partial charge in [-0.3, -0.25) is 10.1 Å². The number of thioether (sulfide) groups is 1. The van der Waals surface area contributed by atoms with Crippen LogP contribution in [0.3, 0.4) is 0 Å². The summed E-state index contributed by atoms with van der Waals surface area (Å²) in [7, 11) is 0. The van der Waals surface area contributed by atoms with E-state index in [-0.39, 0.29) is 17.8 Å². The van der Waals surface area contributed by atoms with Crippen molar-refractivity contribution >= 4 is 51.1 Å². The lowest BCUT2D eigenvalue weighted by Crippen LogP contribution is -2.45. The van der Waals surface area contributed by atoms with Crippen molar-refractivity contribution < 1.29 is 14.7 Å². The number of aromatic nitrogens is 2. The quantitative estimate of drug-likeness (QED) is 0.226. The third kappa shape index (κ3) is 6.54. The Morgan fingerprint density at radius 1 is 1.24 bits per heavy atom. The topological polar surface area (TPSA) is 98.3 Å². The van der Waals surface area contributed by atoms with E-state index in [2.05, 4.69) is 46.6 Å². The van der Waals surface area contributed by atoms with Crippen molar-refractivity contribution in [1.82, 2.24) is 14.9 Å². The summed E-state index contributed by atoms with van der Waals surface area (Å²) in [5.41, 5.74) is 2.49. The van der Waals surface area contributed by atoms with E-state index >= 15 is 0 Å². The second-order valence-electron chi connectivity index (χ2n) is 9.02. The zero-order valence-corrected chi connectivity index (χ0v) is 21.1. The highest BCUT2D eigenvalue weighted by molar-refractivity contribution is 8.01. The van der Waals surface area contributed by atoms with Gasteiger partial charge in [0.15, 0.2) is 5.13 Å². The highest BCUT2D eigenvalue weighted by atomic mass is 32.2. The first-order valence-electron chi connectivity index (χ1n) is 11.9. The number of hydrogen-bond donors (Lipinski definition) is 3. The molecule has 1 aromatic carbocycles. The Balaban J connectivity index is 1.34. The Labute approximate surface area is 208 Å². The molecule has 3 aromatic rings. The number of urea groups is 1. The molecule has 3 N–H and O–H groups in total. The molecular formula is C25H32N4O3S2. The molecule has 2 amide bonds. The number of carboxylic acids is 1. The highest BCUT2D eigenvalue weighted by Crippen LogP contribution is 2.30. The average molecular weight is 501 g/mol. The molecule has 0 aliphatic heterocycles. The molecule has 9 heteroatoms. The third-order valence-electron chi connectivity index (χ3n) is 6.49. The van der Waals surface area contributed by atoms with Crippen molar-refractivity contribution in [3.63, 3.8) is 0 Å². The second-order valence-corrected chi connectivity index (χ2v) is 11.3. The Bertz CT molecular complexity index is 1100. The van der Waals surface area contributed by atoms with Crippen LogP contribution in [0.5, 0.6) is 0 Å². The maximum absolute atomic E-state index is 13.2. The molecule has 0 spiro atoms. The Morgan fingerprint density at radius 2 is 2.03 bits per heavy atom. The van der Waals surface area contributed by atoms with Gasteiger partial charge >= 0.3 is 12.0 Å². The predicted octanol–water partition coefficient (Wildman–Crippen LogP) is 6.24. The standard InChI is InChI=1S/C25H32N4O3S2/c1-17-9-11-19(12-10-17)29(25(32)28-24-27-15-23(34-24)33-16-22(30)31)13-5-4-6-18-14-26-21-8-3-2-7-20(18)21/h2-3,7-8,14-15,17,19,26H,4-6,9-13,16H2,1H3,(H,30,31)(H,27,28,32). The number of anilines is 1. The van der Waals surface area contributed by atoms with E-state index in [1.165, 1.54) is 39.6 Å². The normalized spacial score (nSPS) is 18.1. The number of carbonyl (C=O) groups is 2. The van der Waals surface area contributed by atoms with Crippen molar-refractivity contribution in [3.8, 4) is 0 Å². The number of amides is 2. The molecule has 7 nitrogen and oxygen atoms in total. The van der Waals surface area contributed by atoms with Gasteiger partial charge < -0.3 is 15.0 Å². The number of aliphatic carboxylic acids is 1. The van der Waals surface area contributed by atoms with Crippen LogP contribution in [-0.4, -0.2) is 50.3 Å². The van der Waals surface area contributed by atoms with E-state index < -0.39 is 5.97 Å². The number of carbonyl (C=O) groups excluding carboxylic acids is 1. The molecule has 1 aliphatic rings. The van der Waals surface area contributed by atoms with Crippen LogP contribution in [0.25, 0.3) is 10.9 Å². The predicted molar refractivity (Wildman–Crippen MR) is 139 cm³/mol. The fraction of sp³-hybridized carbons (Fsp3) is 0.480. The Kier molecular flexibility index (Phi) is 8.50. The smallest absolute Gasteiger partial charge is 0.323 e. The summed E-state index contributed by atoms with van der Waals surface area (Å²) in [5, 5.41) is 13.6. The highest BCUT2D eigenvalue weighted by Gasteiger charge is 2.28. The first-order valence-corrected chi connectivity index (χ1v) is 13.7. The van der Waals surface area contributed by atoms with Gasteiger partial charge in [-0.25, -0.2) is 9.78 Å². The molecule has 2 heterocycles. The molecule has 182 valence electrons. The van der Waals surface area contributed by atoms with Crippen molar-refractivity contribution in [2.75, 3.05) is 17.6 Å².